The Hall–Kier alpha value is 1.60. The molecule has 0 aliphatic carbocycles. The van der Waals surface area contributed by atoms with Crippen LogP contribution in [0, 0.1) is 0 Å². The Bertz CT molecular complexity index is 37.0. The van der Waals surface area contributed by atoms with Gasteiger partial charge in [-0.3, -0.25) is 0 Å². The summed E-state index contributed by atoms with van der Waals surface area (Å²) in [6, 6.07) is 0. The molecule has 0 saturated heterocycles. The van der Waals surface area contributed by atoms with Crippen LogP contribution < -0.4 is 0 Å². The predicted octanol–water partition coefficient (Wildman–Crippen LogP) is 2.60. The molecule has 0 aromatic carbocycles. The van der Waals surface area contributed by atoms with E-state index in [0.29, 0.717) is 0 Å². The molecule has 2 radical (unpaired) electrons. The summed E-state index contributed by atoms with van der Waals surface area (Å²) in [5.41, 5.74) is 0. The van der Waals surface area contributed by atoms with E-state index in [0.717, 1.165) is 0 Å². The zero-order chi connectivity index (χ0) is 8.41. The van der Waals surface area contributed by atoms with Crippen LogP contribution in [0.25, 0.3) is 0 Å². The number of hydrogen-bond donors (Lipinski definition) is 0. The van der Waals surface area contributed by atoms with Crippen molar-refractivity contribution in [1.82, 2.24) is 0 Å². The zero-order valence-electron chi connectivity index (χ0n) is 8.04. The van der Waals surface area contributed by atoms with Crippen LogP contribution in [0.4, 0.5) is 0 Å². The van der Waals surface area contributed by atoms with Crippen molar-refractivity contribution >= 4 is 42.3 Å². The second kappa shape index (κ2) is 13.2. The molecule has 0 spiro atoms. The summed E-state index contributed by atoms with van der Waals surface area (Å²) >= 11 is 0.547. The van der Waals surface area contributed by atoms with Crippen LogP contribution in [0.15, 0.2) is 0 Å². The van der Waals surface area contributed by atoms with Crippen LogP contribution in [0.5, 0.6) is 0 Å². The molecule has 62 valence electrons. The number of hydrogen-bond acceptors (Lipinski definition) is 0. The summed E-state index contributed by atoms with van der Waals surface area (Å²) in [6.45, 7) is 9.25. The van der Waals surface area contributed by atoms with Gasteiger partial charge in [-0.1, -0.05) is 0 Å². The summed E-state index contributed by atoms with van der Waals surface area (Å²) in [7, 11) is 0. The van der Waals surface area contributed by atoms with Gasteiger partial charge in [0.05, 0.1) is 0 Å². The normalized spacial score (nSPS) is 9.00. The molecule has 0 atom stereocenters. The molecule has 0 nitrogen and oxygen atoms in total. The molecule has 0 aliphatic heterocycles. The van der Waals surface area contributed by atoms with E-state index in [1.54, 1.807) is 13.3 Å². The molecule has 0 heterocycles. The van der Waals surface area contributed by atoms with Gasteiger partial charge in [0.2, 0.25) is 0 Å². The maximum absolute atomic E-state index is 2.35. The molecule has 0 unspecified atom stereocenters. The van der Waals surface area contributed by atoms with E-state index < -0.39 is 19.8 Å². The summed E-state index contributed by atoms with van der Waals surface area (Å²) in [5, 5.41) is 0. The van der Waals surface area contributed by atoms with Crippen molar-refractivity contribution in [2.45, 2.75) is 45.4 Å². The van der Waals surface area contributed by atoms with Gasteiger partial charge < -0.3 is 0 Å². The quantitative estimate of drug-likeness (QED) is 0.683. The van der Waals surface area contributed by atoms with Gasteiger partial charge in [0.1, 0.15) is 0 Å². The Labute approximate surface area is 87.0 Å². The molecule has 2 heteroatoms. The summed E-state index contributed by atoms with van der Waals surface area (Å²) < 4.78 is 6.07. The van der Waals surface area contributed by atoms with E-state index in [2.05, 4.69) is 27.7 Å². The summed E-state index contributed by atoms with van der Waals surface area (Å²) in [4.78, 5) is 0. The monoisotopic (exact) mass is 358 g/mol. The van der Waals surface area contributed by atoms with Crippen molar-refractivity contribution in [3.05, 3.63) is 0 Å². The predicted molar refractivity (Wildman–Crippen MR) is 56.2 cm³/mol. The number of rotatable bonds is 3. The molecule has 0 amide bonds. The molecule has 0 aromatic heterocycles. The van der Waals surface area contributed by atoms with Gasteiger partial charge >= 0.3 is 87.7 Å². The second-order valence-electron chi connectivity index (χ2n) is 2.31. The van der Waals surface area contributed by atoms with Gasteiger partial charge in [-0.2, -0.15) is 0 Å². The van der Waals surface area contributed by atoms with Crippen LogP contribution in [0.1, 0.15) is 27.7 Å². The van der Waals surface area contributed by atoms with Gasteiger partial charge in [-0.25, -0.2) is 0 Å². The summed E-state index contributed by atoms with van der Waals surface area (Å²) in [5.74, 6) is 0. The van der Waals surface area contributed by atoms with Crippen LogP contribution in [-0.2, 0) is 0 Å². The van der Waals surface area contributed by atoms with Crippen LogP contribution in [0.2, 0.25) is 17.7 Å². The zero-order valence-corrected chi connectivity index (χ0v) is 14.9. The van der Waals surface area contributed by atoms with E-state index in [4.69, 9.17) is 0 Å². The van der Waals surface area contributed by atoms with E-state index in [1.807, 2.05) is 0 Å². The van der Waals surface area contributed by atoms with Gasteiger partial charge in [-0.15, -0.1) is 0 Å². The molecule has 0 aliphatic rings. The molecule has 0 saturated carbocycles. The van der Waals surface area contributed by atoms with Crippen molar-refractivity contribution in [1.29, 1.82) is 0 Å². The molecular weight excluding hydrogens is 334 g/mol. The van der Waals surface area contributed by atoms with E-state index in [1.165, 1.54) is 27.0 Å². The van der Waals surface area contributed by atoms with Gasteiger partial charge in [0.15, 0.2) is 0 Å². The first-order valence-corrected chi connectivity index (χ1v) is 13.3. The molecule has 0 N–H and O–H groups in total. The van der Waals surface area contributed by atoms with Crippen LogP contribution in [-0.4, -0.2) is 42.3 Å². The fourth-order valence-corrected chi connectivity index (χ4v) is 5.03. The third-order valence-electron chi connectivity index (χ3n) is 1.50. The first-order valence-electron chi connectivity index (χ1n) is 4.39. The van der Waals surface area contributed by atoms with Crippen molar-refractivity contribution in [3.63, 3.8) is 0 Å². The van der Waals surface area contributed by atoms with E-state index in [-0.39, 0.29) is 0 Å². The fourth-order valence-electron chi connectivity index (χ4n) is 0.750. The van der Waals surface area contributed by atoms with Gasteiger partial charge in [-0.05, 0) is 0 Å². The van der Waals surface area contributed by atoms with Gasteiger partial charge in [0, 0.05) is 0 Å². The molecular formula is C8H22Sn2. The first kappa shape index (κ1) is 14.1. The minimum absolute atomic E-state index is 0.653. The third-order valence-corrected chi connectivity index (χ3v) is 10.1. The van der Waals surface area contributed by atoms with E-state index >= 15 is 0 Å². The Kier molecular flexibility index (Phi) is 18.7. The van der Waals surface area contributed by atoms with Crippen molar-refractivity contribution < 1.29 is 0 Å². The SMILES string of the molecule is C[CH2][SnH2].C[CH2][Sn]([CH2]C)[CH2]C. The Morgan fingerprint density at radius 3 is 1.10 bits per heavy atom. The van der Waals surface area contributed by atoms with E-state index in [9.17, 15) is 0 Å². The Balaban J connectivity index is 0. The molecule has 0 rings (SSSR count). The average Bonchev–Trinajstić information content (AvgIpc) is 1.93. The van der Waals surface area contributed by atoms with Gasteiger partial charge in [0.25, 0.3) is 0 Å². The Morgan fingerprint density at radius 1 is 0.900 bits per heavy atom. The topological polar surface area (TPSA) is 0 Å². The molecule has 0 aromatic rings. The second-order valence-corrected chi connectivity index (χ2v) is 15.5. The van der Waals surface area contributed by atoms with Crippen LogP contribution >= 0.6 is 0 Å². The first-order chi connectivity index (χ1) is 4.76. The summed E-state index contributed by atoms with van der Waals surface area (Å²) in [6.07, 6.45) is 0. The van der Waals surface area contributed by atoms with Crippen molar-refractivity contribution in [2.75, 3.05) is 0 Å². The molecule has 10 heavy (non-hydrogen) atoms. The molecule has 0 bridgehead atoms. The Morgan fingerprint density at radius 2 is 1.10 bits per heavy atom. The van der Waals surface area contributed by atoms with Crippen molar-refractivity contribution in [2.24, 2.45) is 0 Å². The maximum atomic E-state index is 2.35. The minimum atomic E-state index is -0.653. The standard InChI is InChI=1S/4C2H5.2Sn.2H/c4*1-2;;;;/h4*1H2,2H3;;;;. The van der Waals surface area contributed by atoms with Crippen molar-refractivity contribution in [3.8, 4) is 0 Å². The van der Waals surface area contributed by atoms with Crippen LogP contribution in [0.3, 0.4) is 0 Å². The fraction of sp³-hybridized carbons (Fsp3) is 1.00. The average molecular weight is 356 g/mol. The molecule has 0 fully saturated rings. The third kappa shape index (κ3) is 12.3.